The van der Waals surface area contributed by atoms with Gasteiger partial charge < -0.3 is 5.32 Å². The van der Waals surface area contributed by atoms with E-state index in [0.717, 1.165) is 12.8 Å². The van der Waals surface area contributed by atoms with Gasteiger partial charge in [0.2, 0.25) is 5.91 Å². The van der Waals surface area contributed by atoms with Gasteiger partial charge in [0.15, 0.2) is 0 Å². The van der Waals surface area contributed by atoms with Crippen molar-refractivity contribution >= 4 is 5.91 Å². The lowest BCUT2D eigenvalue weighted by Crippen LogP contribution is -2.19. The molecule has 0 aromatic carbocycles. The fourth-order valence-electron chi connectivity index (χ4n) is 1.01. The molecular formula is C11H19NO. The second kappa shape index (κ2) is 7.59. The Kier molecular flexibility index (Phi) is 6.98. The summed E-state index contributed by atoms with van der Waals surface area (Å²) in [5.74, 6) is 0.0159. The Hall–Kier alpha value is -1.05. The lowest BCUT2D eigenvalue weighted by Gasteiger charge is -1.97. The zero-order valence-electron chi connectivity index (χ0n) is 8.76. The molecule has 2 heteroatoms. The lowest BCUT2D eigenvalue weighted by molar-refractivity contribution is -0.118. The van der Waals surface area contributed by atoms with Crippen LogP contribution in [0.25, 0.3) is 0 Å². The van der Waals surface area contributed by atoms with Crippen LogP contribution in [0.4, 0.5) is 0 Å². The molecule has 0 spiro atoms. The first kappa shape index (κ1) is 11.9. The number of carbonyl (C=O) groups excluding carboxylic acids is 1. The Morgan fingerprint density at radius 1 is 1.38 bits per heavy atom. The Balaban J connectivity index is 3.80. The van der Waals surface area contributed by atoms with Crippen molar-refractivity contribution in [3.8, 4) is 0 Å². The highest BCUT2D eigenvalue weighted by atomic mass is 16.1. The Bertz CT molecular complexity index is 204. The molecule has 0 fully saturated rings. The van der Waals surface area contributed by atoms with Gasteiger partial charge in [-0.1, -0.05) is 37.6 Å². The van der Waals surface area contributed by atoms with Crippen molar-refractivity contribution in [3.05, 3.63) is 23.8 Å². The highest BCUT2D eigenvalue weighted by molar-refractivity contribution is 5.72. The monoisotopic (exact) mass is 181 g/mol. The van der Waals surface area contributed by atoms with Crippen LogP contribution in [0.15, 0.2) is 23.8 Å². The molecule has 1 amide bonds. The Labute approximate surface area is 80.7 Å². The molecule has 0 aliphatic carbocycles. The standard InChI is InChI=1S/C11H19NO/c1-4-7-11(5-2)8-6-9-12-10(3)13/h6-8H,4-5,9H2,1-3H3,(H,12,13)/b8-6-,11-7+. The van der Waals surface area contributed by atoms with Crippen LogP contribution in [0.5, 0.6) is 0 Å². The van der Waals surface area contributed by atoms with Gasteiger partial charge in [0.05, 0.1) is 0 Å². The van der Waals surface area contributed by atoms with Crippen LogP contribution in [-0.4, -0.2) is 12.5 Å². The van der Waals surface area contributed by atoms with E-state index in [2.05, 4.69) is 31.3 Å². The van der Waals surface area contributed by atoms with E-state index in [1.165, 1.54) is 12.5 Å². The maximum atomic E-state index is 10.5. The molecule has 0 saturated heterocycles. The number of carbonyl (C=O) groups is 1. The van der Waals surface area contributed by atoms with E-state index < -0.39 is 0 Å². The summed E-state index contributed by atoms with van der Waals surface area (Å²) in [6, 6.07) is 0. The smallest absolute Gasteiger partial charge is 0.217 e. The van der Waals surface area contributed by atoms with E-state index >= 15 is 0 Å². The van der Waals surface area contributed by atoms with Crippen molar-refractivity contribution in [1.82, 2.24) is 5.32 Å². The molecule has 0 bridgehead atoms. The molecule has 0 heterocycles. The third-order valence-electron chi connectivity index (χ3n) is 1.68. The van der Waals surface area contributed by atoms with Crippen molar-refractivity contribution in [2.24, 2.45) is 0 Å². The lowest BCUT2D eigenvalue weighted by atomic mass is 10.1. The molecule has 0 saturated carbocycles. The molecule has 0 aliphatic heterocycles. The molecule has 0 atom stereocenters. The van der Waals surface area contributed by atoms with Gasteiger partial charge in [-0.15, -0.1) is 0 Å². The van der Waals surface area contributed by atoms with Crippen LogP contribution >= 0.6 is 0 Å². The minimum atomic E-state index is 0.0159. The van der Waals surface area contributed by atoms with Crippen LogP contribution in [0.2, 0.25) is 0 Å². The molecule has 0 rings (SSSR count). The zero-order valence-corrected chi connectivity index (χ0v) is 8.76. The largest absolute Gasteiger partial charge is 0.353 e. The SMILES string of the molecule is CC/C=C(/C=C\CNC(C)=O)CC. The van der Waals surface area contributed by atoms with Crippen molar-refractivity contribution in [2.45, 2.75) is 33.6 Å². The summed E-state index contributed by atoms with van der Waals surface area (Å²) in [4.78, 5) is 10.5. The number of allylic oxidation sites excluding steroid dienone is 3. The fraction of sp³-hybridized carbons (Fsp3) is 0.545. The molecule has 0 unspecified atom stereocenters. The topological polar surface area (TPSA) is 29.1 Å². The van der Waals surface area contributed by atoms with E-state index in [1.807, 2.05) is 6.08 Å². The van der Waals surface area contributed by atoms with E-state index in [1.54, 1.807) is 0 Å². The molecule has 13 heavy (non-hydrogen) atoms. The minimum Gasteiger partial charge on any atom is -0.353 e. The second-order valence-electron chi connectivity index (χ2n) is 2.88. The highest BCUT2D eigenvalue weighted by Gasteiger charge is 1.87. The summed E-state index contributed by atoms with van der Waals surface area (Å²) in [6.07, 6.45) is 8.36. The van der Waals surface area contributed by atoms with Gasteiger partial charge >= 0.3 is 0 Å². The van der Waals surface area contributed by atoms with Gasteiger partial charge in [-0.2, -0.15) is 0 Å². The van der Waals surface area contributed by atoms with Crippen LogP contribution in [0.1, 0.15) is 33.6 Å². The average molecular weight is 181 g/mol. The third kappa shape index (κ3) is 7.32. The molecular weight excluding hydrogens is 162 g/mol. The highest BCUT2D eigenvalue weighted by Crippen LogP contribution is 2.03. The van der Waals surface area contributed by atoms with E-state index in [4.69, 9.17) is 0 Å². The van der Waals surface area contributed by atoms with Gasteiger partial charge in [0.25, 0.3) is 0 Å². The predicted molar refractivity (Wildman–Crippen MR) is 56.5 cm³/mol. The van der Waals surface area contributed by atoms with E-state index in [0.29, 0.717) is 6.54 Å². The maximum absolute atomic E-state index is 10.5. The van der Waals surface area contributed by atoms with E-state index in [-0.39, 0.29) is 5.91 Å². The molecule has 74 valence electrons. The summed E-state index contributed by atoms with van der Waals surface area (Å²) < 4.78 is 0. The van der Waals surface area contributed by atoms with Crippen LogP contribution in [0, 0.1) is 0 Å². The molecule has 2 nitrogen and oxygen atoms in total. The first-order chi connectivity index (χ1) is 6.20. The van der Waals surface area contributed by atoms with Crippen LogP contribution in [0.3, 0.4) is 0 Å². The Morgan fingerprint density at radius 2 is 2.08 bits per heavy atom. The summed E-state index contributed by atoms with van der Waals surface area (Å²) in [5, 5.41) is 2.71. The summed E-state index contributed by atoms with van der Waals surface area (Å²) >= 11 is 0. The zero-order chi connectivity index (χ0) is 10.1. The van der Waals surface area contributed by atoms with Gasteiger partial charge in [-0.05, 0) is 12.8 Å². The number of hydrogen-bond acceptors (Lipinski definition) is 1. The number of amides is 1. The third-order valence-corrected chi connectivity index (χ3v) is 1.68. The fourth-order valence-corrected chi connectivity index (χ4v) is 1.01. The predicted octanol–water partition coefficient (Wildman–Crippen LogP) is 2.43. The van der Waals surface area contributed by atoms with Gasteiger partial charge in [0, 0.05) is 13.5 Å². The molecule has 0 radical (unpaired) electrons. The molecule has 0 aromatic heterocycles. The van der Waals surface area contributed by atoms with Crippen molar-refractivity contribution < 1.29 is 4.79 Å². The summed E-state index contributed by atoms with van der Waals surface area (Å²) in [7, 11) is 0. The molecule has 0 aliphatic rings. The van der Waals surface area contributed by atoms with Crippen molar-refractivity contribution in [3.63, 3.8) is 0 Å². The van der Waals surface area contributed by atoms with Crippen molar-refractivity contribution in [2.75, 3.05) is 6.54 Å². The average Bonchev–Trinajstić information content (AvgIpc) is 2.10. The number of nitrogens with one attached hydrogen (secondary N) is 1. The molecule has 0 aromatic rings. The minimum absolute atomic E-state index is 0.0159. The van der Waals surface area contributed by atoms with Gasteiger partial charge in [0.1, 0.15) is 0 Å². The normalized spacial score (nSPS) is 12.1. The first-order valence-electron chi connectivity index (χ1n) is 4.80. The van der Waals surface area contributed by atoms with Gasteiger partial charge in [-0.25, -0.2) is 0 Å². The molecule has 1 N–H and O–H groups in total. The van der Waals surface area contributed by atoms with E-state index in [9.17, 15) is 4.79 Å². The quantitative estimate of drug-likeness (QED) is 0.648. The Morgan fingerprint density at radius 3 is 2.54 bits per heavy atom. The summed E-state index contributed by atoms with van der Waals surface area (Å²) in [5.41, 5.74) is 1.33. The number of hydrogen-bond donors (Lipinski definition) is 1. The van der Waals surface area contributed by atoms with Crippen LogP contribution < -0.4 is 5.32 Å². The number of rotatable bonds is 5. The van der Waals surface area contributed by atoms with Gasteiger partial charge in [-0.3, -0.25) is 4.79 Å². The van der Waals surface area contributed by atoms with Crippen LogP contribution in [-0.2, 0) is 4.79 Å². The van der Waals surface area contributed by atoms with Crippen molar-refractivity contribution in [1.29, 1.82) is 0 Å². The second-order valence-corrected chi connectivity index (χ2v) is 2.88. The summed E-state index contributed by atoms with van der Waals surface area (Å²) in [6.45, 7) is 6.40. The maximum Gasteiger partial charge on any atom is 0.217 e. The first-order valence-corrected chi connectivity index (χ1v) is 4.80.